The molecule has 26 heavy (non-hydrogen) atoms. The molecule has 12 nitrogen and oxygen atoms in total. The van der Waals surface area contributed by atoms with Crippen LogP contribution in [0.3, 0.4) is 0 Å². The number of nitro groups is 1. The smallest absolute Gasteiger partial charge is 0.356 e. The van der Waals surface area contributed by atoms with Gasteiger partial charge in [-0.3, -0.25) is 21.7 Å². The number of rotatable bonds is 4. The lowest BCUT2D eigenvalue weighted by atomic mass is 10.2. The van der Waals surface area contributed by atoms with E-state index in [1.54, 1.807) is 53.4 Å². The van der Waals surface area contributed by atoms with Crippen LogP contribution in [-0.2, 0) is 0 Å². The minimum atomic E-state index is -1.75. The number of nitrogens with one attached hydrogen (secondary N) is 1. The molecule has 0 bridgehead atoms. The first-order chi connectivity index (χ1) is 12.4. The Morgan fingerprint density at radius 1 is 1.15 bits per heavy atom. The van der Waals surface area contributed by atoms with Crippen LogP contribution in [0, 0.1) is 25.4 Å². The Hall–Kier alpha value is -4.22. The van der Waals surface area contributed by atoms with Gasteiger partial charge in [0.15, 0.2) is 0 Å². The third-order valence-corrected chi connectivity index (χ3v) is 2.85. The lowest BCUT2D eigenvalue weighted by molar-refractivity contribution is -0.402. The van der Waals surface area contributed by atoms with Crippen LogP contribution in [0.4, 0.5) is 5.69 Å². The molecule has 12 heteroatoms. The lowest BCUT2D eigenvalue weighted by Gasteiger charge is -2.06. The maximum atomic E-state index is 11.1. The second-order valence-electron chi connectivity index (χ2n) is 4.46. The summed E-state index contributed by atoms with van der Waals surface area (Å²) in [6, 6.07) is 10.2. The van der Waals surface area contributed by atoms with Crippen LogP contribution in [0.5, 0.6) is 0 Å². The fraction of sp³-hybridized carbons (Fsp3) is 0. The molecule has 0 amide bonds. The third kappa shape index (κ3) is 6.11. The molecular weight excluding hydrogens is 346 g/mol. The zero-order valence-corrected chi connectivity index (χ0v) is 13.3. The van der Waals surface area contributed by atoms with Crippen molar-refractivity contribution >= 4 is 23.9 Å². The van der Waals surface area contributed by atoms with E-state index < -0.39 is 10.0 Å². The van der Waals surface area contributed by atoms with E-state index in [2.05, 4.69) is 10.1 Å². The SMILES string of the molecule is NN=C(N)[NH+]=CC=Cc1cccn1-c1ccccc1[N+](=O)[O-].O=[N+]([O-])[O-]. The number of hydrazone groups is 1. The first-order valence-corrected chi connectivity index (χ1v) is 6.89. The molecule has 5 N–H and O–H groups in total. The number of benzene rings is 1. The Morgan fingerprint density at radius 2 is 1.81 bits per heavy atom. The number of nitrogens with two attached hydrogens (primary N) is 2. The van der Waals surface area contributed by atoms with Gasteiger partial charge in [0.25, 0.3) is 5.69 Å². The molecule has 0 unspecified atom stereocenters. The van der Waals surface area contributed by atoms with Gasteiger partial charge in [0, 0.05) is 23.1 Å². The fourth-order valence-electron chi connectivity index (χ4n) is 1.89. The molecule has 136 valence electrons. The number of hydrogen-bond donors (Lipinski definition) is 3. The molecule has 1 heterocycles. The summed E-state index contributed by atoms with van der Waals surface area (Å²) in [7, 11) is 0. The summed E-state index contributed by atoms with van der Waals surface area (Å²) in [6.45, 7) is 0. The van der Waals surface area contributed by atoms with Crippen molar-refractivity contribution in [2.75, 3.05) is 0 Å². The Kier molecular flexibility index (Phi) is 7.48. The fourth-order valence-corrected chi connectivity index (χ4v) is 1.89. The molecule has 0 atom stereocenters. The number of hydrogen-bond acceptors (Lipinski definition) is 7. The van der Waals surface area contributed by atoms with Crippen LogP contribution < -0.4 is 16.6 Å². The summed E-state index contributed by atoms with van der Waals surface area (Å²) in [5.41, 5.74) is 6.68. The topological polar surface area (TPSA) is 193 Å². The summed E-state index contributed by atoms with van der Waals surface area (Å²) in [6.07, 6.45) is 6.78. The van der Waals surface area contributed by atoms with Gasteiger partial charge in [0.05, 0.1) is 16.2 Å². The van der Waals surface area contributed by atoms with Gasteiger partial charge in [-0.25, -0.2) is 4.99 Å². The van der Waals surface area contributed by atoms with Gasteiger partial charge in [0.1, 0.15) is 5.69 Å². The number of nitrogens with zero attached hydrogens (tertiary/aromatic N) is 4. The highest BCUT2D eigenvalue weighted by Gasteiger charge is 2.14. The molecule has 1 aromatic carbocycles. The van der Waals surface area contributed by atoms with Crippen LogP contribution in [0.1, 0.15) is 5.69 Å². The first kappa shape index (κ1) is 19.8. The van der Waals surface area contributed by atoms with E-state index in [1.165, 1.54) is 6.07 Å². The van der Waals surface area contributed by atoms with E-state index in [9.17, 15) is 10.1 Å². The average molecular weight is 361 g/mol. The first-order valence-electron chi connectivity index (χ1n) is 6.89. The Bertz CT molecular complexity index is 853. The predicted molar refractivity (Wildman–Crippen MR) is 94.7 cm³/mol. The molecule has 2 rings (SSSR count). The molecule has 0 saturated carbocycles. The van der Waals surface area contributed by atoms with E-state index in [-0.39, 0.29) is 11.6 Å². The number of para-hydroxylation sites is 2. The van der Waals surface area contributed by atoms with Crippen molar-refractivity contribution in [2.45, 2.75) is 0 Å². The van der Waals surface area contributed by atoms with Crippen molar-refractivity contribution in [3.05, 3.63) is 79.8 Å². The van der Waals surface area contributed by atoms with Crippen LogP contribution in [0.15, 0.2) is 53.8 Å². The van der Waals surface area contributed by atoms with Crippen molar-refractivity contribution in [2.24, 2.45) is 16.7 Å². The highest BCUT2D eigenvalue weighted by atomic mass is 16.9. The molecule has 1 aromatic heterocycles. The molecule has 0 aliphatic carbocycles. The molecule has 0 aliphatic heterocycles. The highest BCUT2D eigenvalue weighted by Crippen LogP contribution is 2.24. The van der Waals surface area contributed by atoms with Crippen molar-refractivity contribution in [3.8, 4) is 5.69 Å². The number of allylic oxidation sites excluding steroid dienone is 1. The minimum absolute atomic E-state index is 0.0370. The number of guanidine groups is 1. The molecule has 2 aromatic rings. The Balaban J connectivity index is 0.000000765. The minimum Gasteiger partial charge on any atom is -0.356 e. The van der Waals surface area contributed by atoms with Gasteiger partial charge in [-0.1, -0.05) is 12.1 Å². The monoisotopic (exact) mass is 361 g/mol. The van der Waals surface area contributed by atoms with Crippen LogP contribution in [0.2, 0.25) is 0 Å². The Labute approximate surface area is 146 Å². The van der Waals surface area contributed by atoms with E-state index in [1.807, 2.05) is 6.07 Å². The quantitative estimate of drug-likeness (QED) is 0.215. The average Bonchev–Trinajstić information content (AvgIpc) is 3.06. The molecular formula is C14H15N7O5. The standard InChI is InChI=1S/C14H14N6O2.NO3/c15-14(18-16)17-9-3-5-11-6-4-10-19(11)12-7-1-2-8-13(12)20(21)22;2-1(3)4/h1-10H,16H2,(H2,15,18);/q;-1/p+1. The van der Waals surface area contributed by atoms with Gasteiger partial charge in [-0.15, -0.1) is 0 Å². The molecule has 0 radical (unpaired) electrons. The molecule has 0 aliphatic rings. The normalized spacial score (nSPS) is 11.3. The predicted octanol–water partition coefficient (Wildman–Crippen LogP) is -0.501. The van der Waals surface area contributed by atoms with Crippen molar-refractivity contribution in [1.29, 1.82) is 0 Å². The van der Waals surface area contributed by atoms with E-state index >= 15 is 0 Å². The van der Waals surface area contributed by atoms with Crippen LogP contribution in [-0.4, -0.2) is 26.8 Å². The summed E-state index contributed by atoms with van der Waals surface area (Å²) in [4.78, 5) is 21.6. The highest BCUT2D eigenvalue weighted by molar-refractivity contribution is 5.79. The number of aromatic nitrogens is 1. The van der Waals surface area contributed by atoms with E-state index in [0.717, 1.165) is 5.69 Å². The van der Waals surface area contributed by atoms with Crippen molar-refractivity contribution in [1.82, 2.24) is 4.57 Å². The zero-order valence-electron chi connectivity index (χ0n) is 13.3. The second-order valence-corrected chi connectivity index (χ2v) is 4.46. The van der Waals surface area contributed by atoms with Gasteiger partial charge >= 0.3 is 5.96 Å². The summed E-state index contributed by atoms with van der Waals surface area (Å²) >= 11 is 0. The van der Waals surface area contributed by atoms with Gasteiger partial charge in [-0.05, 0) is 30.4 Å². The second kappa shape index (κ2) is 9.82. The summed E-state index contributed by atoms with van der Waals surface area (Å²) < 4.78 is 1.73. The van der Waals surface area contributed by atoms with Crippen molar-refractivity contribution < 1.29 is 15.0 Å². The van der Waals surface area contributed by atoms with Crippen molar-refractivity contribution in [3.63, 3.8) is 0 Å². The van der Waals surface area contributed by atoms with E-state index in [4.69, 9.17) is 26.9 Å². The lowest BCUT2D eigenvalue weighted by Crippen LogP contribution is -2.77. The third-order valence-electron chi connectivity index (χ3n) is 2.85. The number of nitro benzene ring substituents is 1. The van der Waals surface area contributed by atoms with Crippen LogP contribution >= 0.6 is 0 Å². The van der Waals surface area contributed by atoms with Gasteiger partial charge in [0.2, 0.25) is 0 Å². The summed E-state index contributed by atoms with van der Waals surface area (Å²) in [5.74, 6) is 5.06. The Morgan fingerprint density at radius 3 is 2.42 bits per heavy atom. The largest absolute Gasteiger partial charge is 0.406 e. The van der Waals surface area contributed by atoms with Crippen LogP contribution in [0.25, 0.3) is 11.8 Å². The molecule has 0 fully saturated rings. The zero-order chi connectivity index (χ0) is 19.5. The van der Waals surface area contributed by atoms with Gasteiger partial charge < -0.3 is 19.9 Å². The summed E-state index contributed by atoms with van der Waals surface area (Å²) in [5, 5.41) is 29.1. The van der Waals surface area contributed by atoms with Gasteiger partial charge in [-0.2, -0.15) is 0 Å². The maximum Gasteiger partial charge on any atom is 0.406 e. The molecule has 0 spiro atoms. The van der Waals surface area contributed by atoms with E-state index in [0.29, 0.717) is 5.69 Å². The maximum absolute atomic E-state index is 11.1. The molecule has 0 saturated heterocycles.